The number of ether oxygens (including phenoxy) is 1. The summed E-state index contributed by atoms with van der Waals surface area (Å²) < 4.78 is 21.8. The van der Waals surface area contributed by atoms with E-state index < -0.39 is 0 Å². The minimum Gasteiger partial charge on any atom is -0.496 e. The predicted molar refractivity (Wildman–Crippen MR) is 98.3 cm³/mol. The largest absolute Gasteiger partial charge is 0.496 e. The summed E-state index contributed by atoms with van der Waals surface area (Å²) in [5, 5.41) is 0. The van der Waals surface area contributed by atoms with Crippen LogP contribution in [0.25, 0.3) is 11.3 Å². The first-order chi connectivity index (χ1) is 12.2. The van der Waals surface area contributed by atoms with E-state index in [2.05, 4.69) is 22.5 Å². The summed E-state index contributed by atoms with van der Waals surface area (Å²) in [7, 11) is 1.69. The normalized spacial score (nSPS) is 10.8. The van der Waals surface area contributed by atoms with Crippen molar-refractivity contribution in [3.63, 3.8) is 0 Å². The van der Waals surface area contributed by atoms with E-state index in [0.717, 1.165) is 48.5 Å². The summed E-state index contributed by atoms with van der Waals surface area (Å²) in [5.74, 6) is 0.670. The molecule has 2 aromatic carbocycles. The maximum Gasteiger partial charge on any atom is 0.132 e. The fourth-order valence-electron chi connectivity index (χ4n) is 3.13. The maximum atomic E-state index is 14.2. The SMILES string of the molecule is CCCc1c(-c2ccccc2F)ncn1CCc1ccccc1OC. The van der Waals surface area contributed by atoms with Gasteiger partial charge in [0.1, 0.15) is 11.6 Å². The van der Waals surface area contributed by atoms with Crippen molar-refractivity contribution in [3.05, 3.63) is 71.9 Å². The first-order valence-electron chi connectivity index (χ1n) is 8.65. The molecule has 0 radical (unpaired) electrons. The van der Waals surface area contributed by atoms with Crippen molar-refractivity contribution >= 4 is 0 Å². The number of hydrogen-bond acceptors (Lipinski definition) is 2. The van der Waals surface area contributed by atoms with Gasteiger partial charge >= 0.3 is 0 Å². The highest BCUT2D eigenvalue weighted by Crippen LogP contribution is 2.26. The van der Waals surface area contributed by atoms with Crippen LogP contribution in [0.15, 0.2) is 54.9 Å². The summed E-state index contributed by atoms with van der Waals surface area (Å²) in [5.41, 5.74) is 3.57. The van der Waals surface area contributed by atoms with E-state index in [4.69, 9.17) is 4.74 Å². The molecule has 0 atom stereocenters. The van der Waals surface area contributed by atoms with Gasteiger partial charge in [-0.15, -0.1) is 0 Å². The minimum atomic E-state index is -0.227. The standard InChI is InChI=1S/C21H23FN2O/c1-3-8-19-21(17-10-5-6-11-18(17)22)23-15-24(19)14-13-16-9-4-7-12-20(16)25-2/h4-7,9-12,15H,3,8,13-14H2,1-2H3. The molecule has 0 N–H and O–H groups in total. The molecule has 25 heavy (non-hydrogen) atoms. The molecule has 3 aromatic rings. The van der Waals surface area contributed by atoms with E-state index >= 15 is 0 Å². The Balaban J connectivity index is 1.88. The number of aryl methyl sites for hydroxylation is 2. The first kappa shape index (κ1) is 17.2. The van der Waals surface area contributed by atoms with Crippen molar-refractivity contribution in [2.75, 3.05) is 7.11 Å². The van der Waals surface area contributed by atoms with Gasteiger partial charge in [-0.25, -0.2) is 9.37 Å². The molecule has 1 aromatic heterocycles. The van der Waals surface area contributed by atoms with Gasteiger partial charge in [0.2, 0.25) is 0 Å². The van der Waals surface area contributed by atoms with Gasteiger partial charge < -0.3 is 9.30 Å². The third kappa shape index (κ3) is 3.73. The second kappa shape index (κ2) is 7.97. The molecule has 0 bridgehead atoms. The molecule has 0 aliphatic rings. The highest BCUT2D eigenvalue weighted by atomic mass is 19.1. The van der Waals surface area contributed by atoms with Gasteiger partial charge in [-0.2, -0.15) is 0 Å². The van der Waals surface area contributed by atoms with Crippen molar-refractivity contribution in [2.45, 2.75) is 32.7 Å². The fourth-order valence-corrected chi connectivity index (χ4v) is 3.13. The lowest BCUT2D eigenvalue weighted by Crippen LogP contribution is -2.06. The molecule has 0 unspecified atom stereocenters. The van der Waals surface area contributed by atoms with Crippen molar-refractivity contribution in [1.29, 1.82) is 0 Å². The summed E-state index contributed by atoms with van der Waals surface area (Å²) >= 11 is 0. The Morgan fingerprint density at radius 1 is 1.04 bits per heavy atom. The molecule has 130 valence electrons. The molecule has 0 aliphatic carbocycles. The maximum absolute atomic E-state index is 14.2. The monoisotopic (exact) mass is 338 g/mol. The van der Waals surface area contributed by atoms with E-state index in [1.54, 1.807) is 19.2 Å². The van der Waals surface area contributed by atoms with E-state index in [1.807, 2.05) is 30.6 Å². The van der Waals surface area contributed by atoms with Crippen molar-refractivity contribution in [3.8, 4) is 17.0 Å². The molecule has 0 spiro atoms. The van der Waals surface area contributed by atoms with Crippen LogP contribution in [0, 0.1) is 5.82 Å². The van der Waals surface area contributed by atoms with Gasteiger partial charge in [0.05, 0.1) is 19.1 Å². The number of halogens is 1. The van der Waals surface area contributed by atoms with E-state index in [9.17, 15) is 4.39 Å². The van der Waals surface area contributed by atoms with Crippen LogP contribution < -0.4 is 4.74 Å². The zero-order chi connectivity index (χ0) is 17.6. The summed E-state index contributed by atoms with van der Waals surface area (Å²) in [6.07, 6.45) is 4.52. The Labute approximate surface area is 148 Å². The van der Waals surface area contributed by atoms with Gasteiger partial charge in [-0.05, 0) is 36.6 Å². The Morgan fingerprint density at radius 3 is 2.56 bits per heavy atom. The zero-order valence-corrected chi connectivity index (χ0v) is 14.7. The number of benzene rings is 2. The lowest BCUT2D eigenvalue weighted by atomic mass is 10.1. The number of aromatic nitrogens is 2. The summed E-state index contributed by atoms with van der Waals surface area (Å²) in [6.45, 7) is 2.92. The summed E-state index contributed by atoms with van der Waals surface area (Å²) in [4.78, 5) is 4.51. The molecule has 0 fully saturated rings. The topological polar surface area (TPSA) is 27.1 Å². The molecule has 3 nitrogen and oxygen atoms in total. The number of imidazole rings is 1. The van der Waals surface area contributed by atoms with Crippen LogP contribution in [-0.4, -0.2) is 16.7 Å². The van der Waals surface area contributed by atoms with E-state index in [1.165, 1.54) is 6.07 Å². The average Bonchev–Trinajstić information content (AvgIpc) is 3.03. The number of nitrogens with zero attached hydrogens (tertiary/aromatic N) is 2. The van der Waals surface area contributed by atoms with Gasteiger partial charge in [-0.3, -0.25) is 0 Å². The number of rotatable bonds is 7. The minimum absolute atomic E-state index is 0.227. The Kier molecular flexibility index (Phi) is 5.49. The van der Waals surface area contributed by atoms with Gasteiger partial charge in [-0.1, -0.05) is 43.7 Å². The Hall–Kier alpha value is -2.62. The van der Waals surface area contributed by atoms with Crippen LogP contribution >= 0.6 is 0 Å². The molecule has 0 saturated carbocycles. The van der Waals surface area contributed by atoms with Gasteiger partial charge in [0.15, 0.2) is 0 Å². The highest BCUT2D eigenvalue weighted by Gasteiger charge is 2.15. The molecule has 4 heteroatoms. The Bertz CT molecular complexity index is 841. The molecule has 3 rings (SSSR count). The highest BCUT2D eigenvalue weighted by molar-refractivity contribution is 5.62. The molecular weight excluding hydrogens is 315 g/mol. The second-order valence-electron chi connectivity index (χ2n) is 6.02. The predicted octanol–water partition coefficient (Wildman–Crippen LogP) is 4.89. The molecule has 1 heterocycles. The lowest BCUT2D eigenvalue weighted by molar-refractivity contribution is 0.408. The van der Waals surface area contributed by atoms with Crippen LogP contribution in [0.2, 0.25) is 0 Å². The quantitative estimate of drug-likeness (QED) is 0.613. The number of hydrogen-bond donors (Lipinski definition) is 0. The molecule has 0 saturated heterocycles. The lowest BCUT2D eigenvalue weighted by Gasteiger charge is -2.12. The Morgan fingerprint density at radius 2 is 1.80 bits per heavy atom. The summed E-state index contributed by atoms with van der Waals surface area (Å²) in [6, 6.07) is 14.9. The fraction of sp³-hybridized carbons (Fsp3) is 0.286. The third-order valence-corrected chi connectivity index (χ3v) is 4.38. The van der Waals surface area contributed by atoms with Gasteiger partial charge in [0, 0.05) is 17.8 Å². The molecule has 0 aliphatic heterocycles. The van der Waals surface area contributed by atoms with Crippen LogP contribution in [0.3, 0.4) is 0 Å². The van der Waals surface area contributed by atoms with Crippen LogP contribution in [0.1, 0.15) is 24.6 Å². The number of para-hydroxylation sites is 1. The van der Waals surface area contributed by atoms with Crippen molar-refractivity contribution in [2.24, 2.45) is 0 Å². The van der Waals surface area contributed by atoms with Gasteiger partial charge in [0.25, 0.3) is 0 Å². The third-order valence-electron chi connectivity index (χ3n) is 4.38. The van der Waals surface area contributed by atoms with E-state index in [0.29, 0.717) is 5.56 Å². The smallest absolute Gasteiger partial charge is 0.132 e. The number of methoxy groups -OCH3 is 1. The van der Waals surface area contributed by atoms with Crippen LogP contribution in [0.5, 0.6) is 5.75 Å². The van der Waals surface area contributed by atoms with Crippen molar-refractivity contribution in [1.82, 2.24) is 9.55 Å². The molecule has 0 amide bonds. The first-order valence-corrected chi connectivity index (χ1v) is 8.65. The van der Waals surface area contributed by atoms with Crippen molar-refractivity contribution < 1.29 is 9.13 Å². The average molecular weight is 338 g/mol. The molecular formula is C21H23FN2O. The van der Waals surface area contributed by atoms with Crippen LogP contribution in [0.4, 0.5) is 4.39 Å². The zero-order valence-electron chi connectivity index (χ0n) is 14.7. The van der Waals surface area contributed by atoms with Crippen LogP contribution in [-0.2, 0) is 19.4 Å². The van der Waals surface area contributed by atoms with E-state index in [-0.39, 0.29) is 5.82 Å². The second-order valence-corrected chi connectivity index (χ2v) is 6.02.